The first-order valence-corrected chi connectivity index (χ1v) is 14.7. The quantitative estimate of drug-likeness (QED) is 0.225. The third kappa shape index (κ3) is 5.06. The van der Waals surface area contributed by atoms with Gasteiger partial charge in [0.25, 0.3) is 0 Å². The first-order valence-electron chi connectivity index (χ1n) is 12.2. The van der Waals surface area contributed by atoms with Crippen molar-refractivity contribution in [1.82, 2.24) is 4.90 Å². The second kappa shape index (κ2) is 11.0. The molecule has 1 aromatic carbocycles. The number of thiophene rings is 2. The van der Waals surface area contributed by atoms with Crippen molar-refractivity contribution in [2.45, 2.75) is 43.4 Å². The van der Waals surface area contributed by atoms with Crippen LogP contribution in [0.5, 0.6) is 5.75 Å². The van der Waals surface area contributed by atoms with Gasteiger partial charge in [-0.15, -0.1) is 22.7 Å². The highest BCUT2D eigenvalue weighted by Crippen LogP contribution is 2.49. The number of esters is 1. The van der Waals surface area contributed by atoms with Gasteiger partial charge in [-0.1, -0.05) is 35.3 Å². The van der Waals surface area contributed by atoms with Crippen molar-refractivity contribution in [1.29, 1.82) is 0 Å². The number of fused-ring (bicyclic) bond motifs is 2. The van der Waals surface area contributed by atoms with Crippen LogP contribution in [0.2, 0.25) is 10.0 Å². The van der Waals surface area contributed by atoms with E-state index in [1.807, 2.05) is 29.0 Å². The summed E-state index contributed by atoms with van der Waals surface area (Å²) >= 11 is 14.8. The van der Waals surface area contributed by atoms with Gasteiger partial charge in [-0.05, 0) is 73.7 Å². The number of carbonyl (C=O) groups excluding carboxylic acids is 1. The van der Waals surface area contributed by atoms with Crippen LogP contribution < -0.4 is 4.74 Å². The second-order valence-corrected chi connectivity index (χ2v) is 12.3. The number of nitrogens with zero attached hydrogens (tertiary/aromatic N) is 1. The highest BCUT2D eigenvalue weighted by atomic mass is 35.5. The largest absolute Gasteiger partial charge is 0.493 e. The van der Waals surface area contributed by atoms with E-state index in [0.717, 1.165) is 32.2 Å². The molecule has 9 heteroatoms. The Bertz CT molecular complexity index is 1140. The zero-order valence-corrected chi connectivity index (χ0v) is 23.1. The smallest absolute Gasteiger partial charge is 0.349 e. The summed E-state index contributed by atoms with van der Waals surface area (Å²) in [5.74, 6) is 0.751. The summed E-state index contributed by atoms with van der Waals surface area (Å²) in [4.78, 5) is 17.1. The fraction of sp³-hybridized carbons (Fsp3) is 0.444. The highest BCUT2D eigenvalue weighted by molar-refractivity contribution is 7.12. The van der Waals surface area contributed by atoms with Crippen molar-refractivity contribution >= 4 is 51.8 Å². The maximum Gasteiger partial charge on any atom is 0.349 e. The number of rotatable bonds is 10. The first kappa shape index (κ1) is 26.0. The highest BCUT2D eigenvalue weighted by Gasteiger charge is 2.54. The number of hydrogen-bond donors (Lipinski definition) is 1. The maximum atomic E-state index is 13.5. The number of benzene rings is 1. The van der Waals surface area contributed by atoms with Gasteiger partial charge in [-0.25, -0.2) is 4.79 Å². The van der Waals surface area contributed by atoms with Crippen molar-refractivity contribution in [3.63, 3.8) is 0 Å². The van der Waals surface area contributed by atoms with Gasteiger partial charge in [0, 0.05) is 24.6 Å². The van der Waals surface area contributed by atoms with Crippen molar-refractivity contribution in [3.05, 3.63) is 73.0 Å². The third-order valence-corrected chi connectivity index (χ3v) is 10.2. The molecule has 2 aliphatic carbocycles. The topological polar surface area (TPSA) is 59.0 Å². The lowest BCUT2D eigenvalue weighted by Crippen LogP contribution is -2.42. The normalized spacial score (nSPS) is 23.4. The van der Waals surface area contributed by atoms with Gasteiger partial charge in [0.05, 0.1) is 26.4 Å². The Balaban J connectivity index is 1.18. The molecule has 0 amide bonds. The maximum absolute atomic E-state index is 13.5. The van der Waals surface area contributed by atoms with Gasteiger partial charge in [0.15, 0.2) is 0 Å². The van der Waals surface area contributed by atoms with Crippen molar-refractivity contribution in [3.8, 4) is 5.75 Å². The minimum Gasteiger partial charge on any atom is -0.493 e. The molecule has 4 unspecified atom stereocenters. The molecule has 4 atom stereocenters. The minimum absolute atomic E-state index is 0.163. The summed E-state index contributed by atoms with van der Waals surface area (Å²) < 4.78 is 12.0. The number of hydrogen-bond acceptors (Lipinski definition) is 7. The molecule has 2 heterocycles. The summed E-state index contributed by atoms with van der Waals surface area (Å²) in [5.41, 5.74) is -1.76. The molecule has 2 aliphatic rings. The van der Waals surface area contributed by atoms with E-state index in [2.05, 4.69) is 11.9 Å². The molecule has 1 N–H and O–H groups in total. The second-order valence-electron chi connectivity index (χ2n) is 9.60. The van der Waals surface area contributed by atoms with Crippen LogP contribution in [0.15, 0.2) is 53.2 Å². The van der Waals surface area contributed by atoms with Crippen LogP contribution in [-0.4, -0.2) is 48.3 Å². The molecule has 192 valence electrons. The van der Waals surface area contributed by atoms with Crippen molar-refractivity contribution < 1.29 is 19.4 Å². The Kier molecular flexibility index (Phi) is 7.96. The third-order valence-electron chi connectivity index (χ3n) is 7.47. The van der Waals surface area contributed by atoms with E-state index >= 15 is 0 Å². The molecular formula is C27H29Cl2NO4S2. The Labute approximate surface area is 229 Å². The minimum atomic E-state index is -1.76. The molecule has 5 nitrogen and oxygen atoms in total. The Morgan fingerprint density at radius 3 is 2.47 bits per heavy atom. The molecule has 3 aromatic rings. The predicted octanol–water partition coefficient (Wildman–Crippen LogP) is 6.46. The average Bonchev–Trinajstić information content (AvgIpc) is 3.69. The van der Waals surface area contributed by atoms with E-state index in [1.54, 1.807) is 24.3 Å². The van der Waals surface area contributed by atoms with Crippen LogP contribution in [0.3, 0.4) is 0 Å². The van der Waals surface area contributed by atoms with Crippen LogP contribution in [0, 0.1) is 11.8 Å². The fourth-order valence-electron chi connectivity index (χ4n) is 5.66. The summed E-state index contributed by atoms with van der Waals surface area (Å²) in [6.45, 7) is 1.46. The Hall–Kier alpha value is -1.61. The molecule has 0 aliphatic heterocycles. The molecule has 2 bridgehead atoms. The van der Waals surface area contributed by atoms with Crippen molar-refractivity contribution in [2.75, 3.05) is 20.2 Å². The van der Waals surface area contributed by atoms with E-state index in [1.165, 1.54) is 22.7 Å². The molecule has 0 radical (unpaired) electrons. The summed E-state index contributed by atoms with van der Waals surface area (Å²) in [7, 11) is 2.14. The van der Waals surface area contributed by atoms with Gasteiger partial charge in [-0.2, -0.15) is 0 Å². The van der Waals surface area contributed by atoms with Gasteiger partial charge >= 0.3 is 5.97 Å². The molecule has 5 rings (SSSR count). The summed E-state index contributed by atoms with van der Waals surface area (Å²) in [5, 5.41) is 16.3. The predicted molar refractivity (Wildman–Crippen MR) is 145 cm³/mol. The molecule has 2 aromatic heterocycles. The Morgan fingerprint density at radius 1 is 1.11 bits per heavy atom. The standard InChI is InChI=1S/C27H29Cl2NO4S2/c1-30(11-4-12-33-18-8-10-20(28)21(29)16-18)22-15-17-7-9-19(22)25(17)34-26(31)27(32,23-5-2-13-35-23)24-6-3-14-36-24/h2-3,5-6,8,10,13-14,16-17,19,22,25,32H,4,7,9,11-12,15H2,1H3. The van der Waals surface area contributed by atoms with E-state index in [9.17, 15) is 9.90 Å². The fourth-order valence-corrected chi connectivity index (χ4v) is 7.66. The average molecular weight is 567 g/mol. The number of carbonyl (C=O) groups is 1. The SMILES string of the molecule is CN(CCCOc1ccc(Cl)c(Cl)c1)C1CC2CCC1C2OC(=O)C(O)(c1cccs1)c1cccs1. The summed E-state index contributed by atoms with van der Waals surface area (Å²) in [6, 6.07) is 12.9. The van der Waals surface area contributed by atoms with Crippen LogP contribution in [-0.2, 0) is 15.1 Å². The van der Waals surface area contributed by atoms with Crippen LogP contribution >= 0.6 is 45.9 Å². The van der Waals surface area contributed by atoms with E-state index in [0.29, 0.717) is 44.1 Å². The lowest BCUT2D eigenvalue weighted by Gasteiger charge is -2.32. The van der Waals surface area contributed by atoms with Crippen LogP contribution in [0.25, 0.3) is 0 Å². The number of aliphatic hydroxyl groups is 1. The lowest BCUT2D eigenvalue weighted by atomic mass is 9.94. The first-order chi connectivity index (χ1) is 17.4. The lowest BCUT2D eigenvalue weighted by molar-refractivity contribution is -0.170. The van der Waals surface area contributed by atoms with Crippen LogP contribution in [0.4, 0.5) is 0 Å². The zero-order chi connectivity index (χ0) is 25.3. The zero-order valence-electron chi connectivity index (χ0n) is 19.9. The van der Waals surface area contributed by atoms with E-state index < -0.39 is 11.6 Å². The van der Waals surface area contributed by atoms with Gasteiger partial charge in [0.2, 0.25) is 5.60 Å². The van der Waals surface area contributed by atoms with Crippen LogP contribution in [0.1, 0.15) is 35.4 Å². The van der Waals surface area contributed by atoms with E-state index in [-0.39, 0.29) is 12.0 Å². The monoisotopic (exact) mass is 565 g/mol. The molecular weight excluding hydrogens is 537 g/mol. The molecule has 0 spiro atoms. The number of ether oxygens (including phenoxy) is 2. The molecule has 2 saturated carbocycles. The molecule has 2 fully saturated rings. The molecule has 36 heavy (non-hydrogen) atoms. The van der Waals surface area contributed by atoms with Gasteiger partial charge < -0.3 is 19.5 Å². The molecule has 0 saturated heterocycles. The van der Waals surface area contributed by atoms with Gasteiger partial charge in [0.1, 0.15) is 11.9 Å². The van der Waals surface area contributed by atoms with E-state index in [4.69, 9.17) is 32.7 Å². The summed E-state index contributed by atoms with van der Waals surface area (Å²) in [6.07, 6.45) is 3.80. The van der Waals surface area contributed by atoms with Gasteiger partial charge in [-0.3, -0.25) is 0 Å². The number of halogens is 2. The van der Waals surface area contributed by atoms with Crippen molar-refractivity contribution in [2.24, 2.45) is 11.8 Å². The Morgan fingerprint density at radius 2 is 1.83 bits per heavy atom.